The molecule has 6 rings (SSSR count). The molecule has 3 aromatic carbocycles. The van der Waals surface area contributed by atoms with Gasteiger partial charge in [0.25, 0.3) is 0 Å². The second-order valence-electron chi connectivity index (χ2n) is 22.1. The molecule has 0 aromatic heterocycles. The van der Waals surface area contributed by atoms with Gasteiger partial charge in [0.1, 0.15) is 30.7 Å². The van der Waals surface area contributed by atoms with Crippen molar-refractivity contribution in [2.75, 3.05) is 40.9 Å². The Morgan fingerprint density at radius 3 is 1.82 bits per heavy atom. The summed E-state index contributed by atoms with van der Waals surface area (Å²) in [6.07, 6.45) is 2.70. The average Bonchev–Trinajstić information content (AvgIpc) is 3.79. The van der Waals surface area contributed by atoms with Crippen LogP contribution in [0, 0.1) is 10.8 Å². The first-order valence-electron chi connectivity index (χ1n) is 25.7. The number of ether oxygens (including phenoxy) is 1. The number of hydrogen-bond acceptors (Lipinski definition) is 10. The van der Waals surface area contributed by atoms with E-state index in [9.17, 15) is 24.0 Å². The number of rotatable bonds is 18. The molecule has 17 heteroatoms. The lowest BCUT2D eigenvalue weighted by Crippen LogP contribution is -2.62. The number of amides is 7. The van der Waals surface area contributed by atoms with E-state index in [1.165, 1.54) is 21.8 Å². The van der Waals surface area contributed by atoms with E-state index in [0.717, 1.165) is 41.5 Å². The molecular weight excluding hydrogens is 927 g/mol. The van der Waals surface area contributed by atoms with E-state index >= 15 is 9.59 Å². The minimum Gasteiger partial charge on any atom is -0.382 e. The monoisotopic (exact) mass is 1010 g/mol. The Morgan fingerprint density at radius 2 is 1.25 bits per heavy atom. The summed E-state index contributed by atoms with van der Waals surface area (Å²) in [6, 6.07) is 17.7. The number of likely N-dealkylation sites (tertiary alicyclic amines) is 1. The number of nitrogens with zero attached hydrogens (tertiary/aromatic N) is 3. The summed E-state index contributed by atoms with van der Waals surface area (Å²) in [5, 5.41) is 18.1. The summed E-state index contributed by atoms with van der Waals surface area (Å²) in [5.74, 6) is -3.07. The number of nitrogens with one attached hydrogen (secondary N) is 6. The van der Waals surface area contributed by atoms with Gasteiger partial charge >= 0.3 is 0 Å². The molecule has 0 spiro atoms. The van der Waals surface area contributed by atoms with Crippen molar-refractivity contribution in [3.63, 3.8) is 0 Å². The quantitative estimate of drug-likeness (QED) is 0.109. The first-order valence-corrected chi connectivity index (χ1v) is 25.7. The van der Waals surface area contributed by atoms with Crippen molar-refractivity contribution in [3.8, 4) is 0 Å². The number of carbonyl (C=O) groups is 7. The van der Waals surface area contributed by atoms with Crippen LogP contribution in [0.3, 0.4) is 0 Å². The highest BCUT2D eigenvalue weighted by Crippen LogP contribution is 2.34. The first-order chi connectivity index (χ1) is 34.6. The lowest BCUT2D eigenvalue weighted by Gasteiger charge is -2.43. The SMILES string of the molecule is CN[C@@H](C)C(=O)NC(C(=O)N1C[C@@H](NC(=O)CN(C(=O)[C@@H]2Cc3ccccc3CN2C(=O)[C@@H](NC(=O)[C@H](C)NC)C(C)(C)C)[C@@H](COC)c2ccccc2)C[C@H]1C(=O)N[C@@H]1CCCc2ccccc21)C(C)(C)C. The van der Waals surface area contributed by atoms with Gasteiger partial charge in [-0.25, -0.2) is 0 Å². The summed E-state index contributed by atoms with van der Waals surface area (Å²) in [5.41, 5.74) is 3.09. The number of benzene rings is 3. The van der Waals surface area contributed by atoms with Gasteiger partial charge < -0.3 is 51.3 Å². The van der Waals surface area contributed by atoms with Gasteiger partial charge in [-0.15, -0.1) is 0 Å². The van der Waals surface area contributed by atoms with Crippen molar-refractivity contribution in [3.05, 3.63) is 107 Å². The number of likely N-dealkylation sites (N-methyl/N-ethyl adjacent to an activating group) is 2. The Hall–Kier alpha value is -6.17. The number of fused-ring (bicyclic) bond motifs is 2. The third-order valence-electron chi connectivity index (χ3n) is 14.7. The highest BCUT2D eigenvalue weighted by Gasteiger charge is 2.48. The van der Waals surface area contributed by atoms with Crippen LogP contribution in [0.15, 0.2) is 78.9 Å². The van der Waals surface area contributed by atoms with E-state index in [-0.39, 0.29) is 56.3 Å². The number of aryl methyl sites for hydroxylation is 1. The molecule has 1 aliphatic carbocycles. The predicted molar refractivity (Wildman–Crippen MR) is 279 cm³/mol. The lowest BCUT2D eigenvalue weighted by atomic mass is 9.84. The Bertz CT molecular complexity index is 2450. The van der Waals surface area contributed by atoms with Gasteiger partial charge in [0.15, 0.2) is 0 Å². The number of hydrogen-bond donors (Lipinski definition) is 6. The molecule has 9 atom stereocenters. The maximum absolute atomic E-state index is 15.7. The molecule has 1 saturated heterocycles. The molecular formula is C56H79N9O8. The van der Waals surface area contributed by atoms with Crippen LogP contribution in [0.25, 0.3) is 0 Å². The van der Waals surface area contributed by atoms with Gasteiger partial charge in [0, 0.05) is 32.7 Å². The smallest absolute Gasteiger partial charge is 0.246 e. The standard InChI is InChI=1S/C56H79N9O8/c1-34(57-9)49(67)61-47(55(3,4)5)53(71)63-30-39-24-16-15-23-38(39)28-44(63)52(70)65(45(33-73-11)37-21-13-12-14-22-37)32-46(66)59-40-29-43(51(69)60-42-27-19-25-36-20-17-18-26-41(36)42)64(31-40)54(72)48(56(6,7)8)62-50(68)35(2)58-10/h12-18,20-24,26,34-35,40,42-45,47-48,57-58H,19,25,27-33H2,1-11H3,(H,59,66)(H,60,69)(H,61,67)(H,62,68)/t34-,35-,40-,42+,43-,44-,45-,47+,48?/m0/s1. The fourth-order valence-electron chi connectivity index (χ4n) is 10.2. The lowest BCUT2D eigenvalue weighted by molar-refractivity contribution is -0.153. The Balaban J connectivity index is 1.34. The minimum absolute atomic E-state index is 0.00714. The summed E-state index contributed by atoms with van der Waals surface area (Å²) in [6.45, 7) is 14.1. The van der Waals surface area contributed by atoms with Crippen LogP contribution >= 0.6 is 0 Å². The second-order valence-corrected chi connectivity index (χ2v) is 22.1. The van der Waals surface area contributed by atoms with Crippen LogP contribution in [0.2, 0.25) is 0 Å². The highest BCUT2D eigenvalue weighted by molar-refractivity contribution is 5.96. The molecule has 3 aromatic rings. The third kappa shape index (κ3) is 13.5. The Labute approximate surface area is 431 Å². The first kappa shape index (κ1) is 56.1. The van der Waals surface area contributed by atoms with Gasteiger partial charge in [0.05, 0.1) is 30.8 Å². The van der Waals surface area contributed by atoms with Crippen molar-refractivity contribution in [1.29, 1.82) is 0 Å². The molecule has 396 valence electrons. The molecule has 2 aliphatic heterocycles. The van der Waals surface area contributed by atoms with Crippen molar-refractivity contribution < 1.29 is 38.3 Å². The van der Waals surface area contributed by atoms with Gasteiger partial charge in [-0.1, -0.05) is 120 Å². The van der Waals surface area contributed by atoms with E-state index in [4.69, 9.17) is 4.74 Å². The van der Waals surface area contributed by atoms with E-state index in [0.29, 0.717) is 5.56 Å². The highest BCUT2D eigenvalue weighted by atomic mass is 16.5. The van der Waals surface area contributed by atoms with E-state index < -0.39 is 89.3 Å². The van der Waals surface area contributed by atoms with Crippen molar-refractivity contribution in [1.82, 2.24) is 46.6 Å². The Morgan fingerprint density at radius 1 is 0.699 bits per heavy atom. The van der Waals surface area contributed by atoms with Crippen molar-refractivity contribution in [2.24, 2.45) is 10.8 Å². The molecule has 1 unspecified atom stereocenters. The average molecular weight is 1010 g/mol. The largest absolute Gasteiger partial charge is 0.382 e. The van der Waals surface area contributed by atoms with Crippen LogP contribution in [-0.2, 0) is 57.7 Å². The van der Waals surface area contributed by atoms with Crippen LogP contribution in [-0.4, -0.2) is 139 Å². The van der Waals surface area contributed by atoms with E-state index in [1.807, 2.05) is 114 Å². The molecule has 7 amide bonds. The number of methoxy groups -OCH3 is 1. The molecule has 6 N–H and O–H groups in total. The second kappa shape index (κ2) is 24.2. The Kier molecular flexibility index (Phi) is 18.6. The molecule has 0 saturated carbocycles. The summed E-state index contributed by atoms with van der Waals surface area (Å²) in [7, 11) is 4.83. The van der Waals surface area contributed by atoms with Gasteiger partial charge in [0.2, 0.25) is 41.4 Å². The maximum Gasteiger partial charge on any atom is 0.246 e. The molecule has 0 radical (unpaired) electrons. The van der Waals surface area contributed by atoms with Crippen LogP contribution in [0.5, 0.6) is 0 Å². The summed E-state index contributed by atoms with van der Waals surface area (Å²) >= 11 is 0. The van der Waals surface area contributed by atoms with Gasteiger partial charge in [-0.3, -0.25) is 33.6 Å². The van der Waals surface area contributed by atoms with E-state index in [1.54, 1.807) is 27.9 Å². The normalized spacial score (nSPS) is 20.8. The molecule has 17 nitrogen and oxygen atoms in total. The molecule has 3 aliphatic rings. The molecule has 0 bridgehead atoms. The summed E-state index contributed by atoms with van der Waals surface area (Å²) in [4.78, 5) is 106. The third-order valence-corrected chi connectivity index (χ3v) is 14.7. The van der Waals surface area contributed by atoms with Crippen LogP contribution in [0.1, 0.15) is 115 Å². The van der Waals surface area contributed by atoms with Crippen molar-refractivity contribution in [2.45, 2.75) is 148 Å². The maximum atomic E-state index is 15.7. The fourth-order valence-corrected chi connectivity index (χ4v) is 10.2. The zero-order valence-electron chi connectivity index (χ0n) is 44.7. The van der Waals surface area contributed by atoms with Gasteiger partial charge in [-0.05, 0) is 92.3 Å². The minimum atomic E-state index is -1.09. The predicted octanol–water partition coefficient (Wildman–Crippen LogP) is 3.71. The molecule has 1 fully saturated rings. The number of carbonyl (C=O) groups excluding carboxylic acids is 7. The zero-order valence-corrected chi connectivity index (χ0v) is 44.7. The summed E-state index contributed by atoms with van der Waals surface area (Å²) < 4.78 is 5.76. The molecule has 2 heterocycles. The zero-order chi connectivity index (χ0) is 53.4. The van der Waals surface area contributed by atoms with Crippen molar-refractivity contribution >= 4 is 41.4 Å². The van der Waals surface area contributed by atoms with E-state index in [2.05, 4.69) is 38.0 Å². The van der Waals surface area contributed by atoms with Crippen LogP contribution in [0.4, 0.5) is 0 Å². The topological polar surface area (TPSA) is 211 Å². The van der Waals surface area contributed by atoms with Crippen LogP contribution < -0.4 is 31.9 Å². The molecule has 73 heavy (non-hydrogen) atoms. The fraction of sp³-hybridized carbons (Fsp3) is 0.554. The van der Waals surface area contributed by atoms with Gasteiger partial charge in [-0.2, -0.15) is 0 Å².